The predicted octanol–water partition coefficient (Wildman–Crippen LogP) is 1.70. The lowest BCUT2D eigenvalue weighted by atomic mass is 10.1. The average Bonchev–Trinajstić information content (AvgIpc) is 2.64. The van der Waals surface area contributed by atoms with Crippen molar-refractivity contribution >= 4 is 11.9 Å². The van der Waals surface area contributed by atoms with Gasteiger partial charge >= 0.3 is 5.97 Å². The average molecular weight is 268 g/mol. The second-order valence-electron chi connectivity index (χ2n) is 4.67. The fourth-order valence-electron chi connectivity index (χ4n) is 2.58. The monoisotopic (exact) mass is 268 g/mol. The number of amides is 1. The van der Waals surface area contributed by atoms with E-state index in [4.69, 9.17) is 5.11 Å². The van der Waals surface area contributed by atoms with Gasteiger partial charge in [-0.15, -0.1) is 0 Å². The van der Waals surface area contributed by atoms with Crippen LogP contribution in [0.3, 0.4) is 0 Å². The molecule has 0 saturated carbocycles. The summed E-state index contributed by atoms with van der Waals surface area (Å²) in [6, 6.07) is 0.261. The van der Waals surface area contributed by atoms with Crippen molar-refractivity contribution < 1.29 is 14.7 Å². The van der Waals surface area contributed by atoms with Gasteiger partial charge in [0.25, 0.3) is 0 Å². The normalized spacial score (nSPS) is 23.5. The Morgan fingerprint density at radius 3 is 2.74 bits per heavy atom. The molecule has 2 aliphatic rings. The number of piperazine rings is 1. The van der Waals surface area contributed by atoms with Crippen LogP contribution < -0.4 is 0 Å². The van der Waals surface area contributed by atoms with Crippen molar-refractivity contribution in [2.45, 2.75) is 45.6 Å². The first-order valence-corrected chi connectivity index (χ1v) is 7.11. The van der Waals surface area contributed by atoms with Crippen molar-refractivity contribution in [1.29, 1.82) is 0 Å². The molecule has 0 aromatic carbocycles. The maximum atomic E-state index is 11.9. The highest BCUT2D eigenvalue weighted by Crippen LogP contribution is 2.21. The lowest BCUT2D eigenvalue weighted by molar-refractivity contribution is -0.138. The third kappa shape index (κ3) is 4.58. The summed E-state index contributed by atoms with van der Waals surface area (Å²) in [7, 11) is 0. The van der Waals surface area contributed by atoms with Crippen molar-refractivity contribution in [3.63, 3.8) is 0 Å². The first-order valence-electron chi connectivity index (χ1n) is 7.11. The van der Waals surface area contributed by atoms with Crippen LogP contribution in [0.5, 0.6) is 0 Å². The molecule has 1 atom stereocenters. The van der Waals surface area contributed by atoms with Gasteiger partial charge in [-0.1, -0.05) is 26.7 Å². The molecule has 1 amide bonds. The number of fused-ring (bicyclic) bond motifs is 1. The number of rotatable bonds is 2. The van der Waals surface area contributed by atoms with Crippen LogP contribution in [0.2, 0.25) is 0 Å². The van der Waals surface area contributed by atoms with Gasteiger partial charge in [0.15, 0.2) is 0 Å². The number of carbonyl (C=O) groups is 2. The molecule has 2 saturated heterocycles. The van der Waals surface area contributed by atoms with Gasteiger partial charge in [0, 0.05) is 31.4 Å². The van der Waals surface area contributed by atoms with Crippen LogP contribution in [0.25, 0.3) is 0 Å². The van der Waals surface area contributed by atoms with Gasteiger partial charge in [-0.2, -0.15) is 0 Å². The van der Waals surface area contributed by atoms with E-state index in [9.17, 15) is 9.59 Å². The van der Waals surface area contributed by atoms with Crippen molar-refractivity contribution in [1.82, 2.24) is 9.80 Å². The Labute approximate surface area is 114 Å². The standard InChI is InChI=1S/C12H18N2O3.C2H6/c15-11-9-13(7-5-12(16)17)8-10-4-2-1-3-6-14(10)11;1-2/h5,7,10H,1-4,6,8-9H2,(H,16,17);1-2H3/b7-5+;. The van der Waals surface area contributed by atoms with Crippen molar-refractivity contribution in [2.24, 2.45) is 0 Å². The summed E-state index contributed by atoms with van der Waals surface area (Å²) in [6.07, 6.45) is 7.08. The molecule has 0 spiro atoms. The van der Waals surface area contributed by atoms with Gasteiger partial charge in [-0.25, -0.2) is 4.79 Å². The number of carboxylic acid groups (broad SMARTS) is 1. The van der Waals surface area contributed by atoms with Gasteiger partial charge in [0.05, 0.1) is 6.54 Å². The molecule has 1 N–H and O–H groups in total. The second kappa shape index (κ2) is 7.81. The number of carboxylic acids is 1. The summed E-state index contributed by atoms with van der Waals surface area (Å²) < 4.78 is 0. The summed E-state index contributed by atoms with van der Waals surface area (Å²) >= 11 is 0. The van der Waals surface area contributed by atoms with Crippen LogP contribution >= 0.6 is 0 Å². The van der Waals surface area contributed by atoms with Crippen LogP contribution in [0.15, 0.2) is 12.3 Å². The zero-order valence-electron chi connectivity index (χ0n) is 11.8. The molecule has 5 heteroatoms. The Kier molecular flexibility index (Phi) is 6.39. The van der Waals surface area contributed by atoms with Crippen LogP contribution in [0, 0.1) is 0 Å². The molecular weight excluding hydrogens is 244 g/mol. The molecule has 0 bridgehead atoms. The van der Waals surface area contributed by atoms with E-state index in [1.807, 2.05) is 23.6 Å². The predicted molar refractivity (Wildman–Crippen MR) is 73.7 cm³/mol. The molecule has 108 valence electrons. The van der Waals surface area contributed by atoms with Crippen LogP contribution in [0.1, 0.15) is 39.5 Å². The minimum Gasteiger partial charge on any atom is -0.478 e. The third-order valence-corrected chi connectivity index (χ3v) is 3.41. The van der Waals surface area contributed by atoms with E-state index in [1.165, 1.54) is 12.6 Å². The summed E-state index contributed by atoms with van der Waals surface area (Å²) in [5, 5.41) is 8.58. The summed E-state index contributed by atoms with van der Waals surface area (Å²) in [4.78, 5) is 26.2. The third-order valence-electron chi connectivity index (χ3n) is 3.41. The van der Waals surface area contributed by atoms with E-state index in [-0.39, 0.29) is 11.9 Å². The zero-order valence-corrected chi connectivity index (χ0v) is 11.8. The van der Waals surface area contributed by atoms with Gasteiger partial charge in [-0.3, -0.25) is 4.79 Å². The molecule has 0 aromatic heterocycles. The van der Waals surface area contributed by atoms with Crippen molar-refractivity contribution in [3.8, 4) is 0 Å². The quantitative estimate of drug-likeness (QED) is 0.774. The Bertz CT molecular complexity index is 342. The molecule has 5 nitrogen and oxygen atoms in total. The van der Waals surface area contributed by atoms with Crippen molar-refractivity contribution in [3.05, 3.63) is 12.3 Å². The van der Waals surface area contributed by atoms with E-state index in [0.717, 1.165) is 38.4 Å². The zero-order chi connectivity index (χ0) is 14.3. The molecule has 2 fully saturated rings. The number of carbonyl (C=O) groups excluding carboxylic acids is 1. The molecule has 1 unspecified atom stereocenters. The minimum atomic E-state index is -0.972. The Balaban J connectivity index is 0.000000861. The largest absolute Gasteiger partial charge is 0.478 e. The second-order valence-corrected chi connectivity index (χ2v) is 4.67. The Morgan fingerprint density at radius 2 is 2.05 bits per heavy atom. The summed E-state index contributed by atoms with van der Waals surface area (Å²) in [5.74, 6) is -0.848. The number of aliphatic carboxylic acids is 1. The molecule has 2 aliphatic heterocycles. The van der Waals surface area contributed by atoms with Crippen LogP contribution in [-0.4, -0.2) is 52.5 Å². The highest BCUT2D eigenvalue weighted by atomic mass is 16.4. The molecule has 0 radical (unpaired) electrons. The van der Waals surface area contributed by atoms with Crippen LogP contribution in [0.4, 0.5) is 0 Å². The van der Waals surface area contributed by atoms with Gasteiger partial charge in [0.2, 0.25) is 5.91 Å². The first-order chi connectivity index (χ1) is 9.16. The van der Waals surface area contributed by atoms with Gasteiger partial charge < -0.3 is 14.9 Å². The molecule has 2 rings (SSSR count). The maximum Gasteiger partial charge on any atom is 0.329 e. The minimum absolute atomic E-state index is 0.123. The summed E-state index contributed by atoms with van der Waals surface area (Å²) in [5.41, 5.74) is 0. The Hall–Kier alpha value is -1.52. The SMILES string of the molecule is CC.O=C(O)/C=C/N1CC(=O)N2CCCCCC2C1. The number of hydrogen-bond acceptors (Lipinski definition) is 3. The van der Waals surface area contributed by atoms with Crippen molar-refractivity contribution in [2.75, 3.05) is 19.6 Å². The highest BCUT2D eigenvalue weighted by molar-refractivity contribution is 5.81. The van der Waals surface area contributed by atoms with Crippen LogP contribution in [-0.2, 0) is 9.59 Å². The lowest BCUT2D eigenvalue weighted by Crippen LogP contribution is -2.54. The maximum absolute atomic E-state index is 11.9. The fourth-order valence-corrected chi connectivity index (χ4v) is 2.58. The number of nitrogens with zero attached hydrogens (tertiary/aromatic N) is 2. The van der Waals surface area contributed by atoms with Gasteiger partial charge in [0.1, 0.15) is 0 Å². The first kappa shape index (κ1) is 15.5. The summed E-state index contributed by atoms with van der Waals surface area (Å²) in [6.45, 7) is 5.93. The highest BCUT2D eigenvalue weighted by Gasteiger charge is 2.31. The molecule has 0 aliphatic carbocycles. The van der Waals surface area contributed by atoms with E-state index >= 15 is 0 Å². The molecule has 0 aromatic rings. The Morgan fingerprint density at radius 1 is 1.32 bits per heavy atom. The van der Waals surface area contributed by atoms with E-state index < -0.39 is 5.97 Å². The smallest absolute Gasteiger partial charge is 0.329 e. The lowest BCUT2D eigenvalue weighted by Gasteiger charge is -2.39. The number of hydrogen-bond donors (Lipinski definition) is 1. The topological polar surface area (TPSA) is 60.9 Å². The van der Waals surface area contributed by atoms with E-state index in [2.05, 4.69) is 0 Å². The van der Waals surface area contributed by atoms with Gasteiger partial charge in [-0.05, 0) is 12.8 Å². The molecule has 2 heterocycles. The van der Waals surface area contributed by atoms with E-state index in [0.29, 0.717) is 6.54 Å². The molecular formula is C14H24N2O3. The fraction of sp³-hybridized carbons (Fsp3) is 0.714. The van der Waals surface area contributed by atoms with E-state index in [1.54, 1.807) is 0 Å². The molecule has 19 heavy (non-hydrogen) atoms.